The molecular formula is C11H14BrCl. The minimum Gasteiger partial charge on any atom is -0.122 e. The third kappa shape index (κ3) is 2.72. The first-order chi connectivity index (χ1) is 6.19. The maximum Gasteiger partial charge on any atom is 0.0477 e. The largest absolute Gasteiger partial charge is 0.122 e. The molecule has 0 aliphatic carbocycles. The zero-order chi connectivity index (χ0) is 9.84. The van der Waals surface area contributed by atoms with Gasteiger partial charge < -0.3 is 0 Å². The highest BCUT2D eigenvalue weighted by atomic mass is 79.9. The van der Waals surface area contributed by atoms with Crippen LogP contribution in [0.25, 0.3) is 0 Å². The Balaban J connectivity index is 3.05. The van der Waals surface area contributed by atoms with E-state index in [-0.39, 0.29) is 0 Å². The molecule has 0 fully saturated rings. The first-order valence-corrected chi connectivity index (χ1v) is 5.86. The molecule has 0 saturated carbocycles. The van der Waals surface area contributed by atoms with E-state index in [2.05, 4.69) is 48.0 Å². The van der Waals surface area contributed by atoms with Crippen molar-refractivity contribution < 1.29 is 0 Å². The number of hydrogen-bond donors (Lipinski definition) is 0. The minimum absolute atomic E-state index is 0.596. The topological polar surface area (TPSA) is 0 Å². The van der Waals surface area contributed by atoms with Gasteiger partial charge in [-0.3, -0.25) is 0 Å². The Morgan fingerprint density at radius 2 is 2.15 bits per heavy atom. The first kappa shape index (κ1) is 11.1. The van der Waals surface area contributed by atoms with Gasteiger partial charge in [0.05, 0.1) is 0 Å². The lowest BCUT2D eigenvalue weighted by Crippen LogP contribution is -1.96. The van der Waals surface area contributed by atoms with E-state index < -0.39 is 0 Å². The fourth-order valence-corrected chi connectivity index (χ4v) is 2.03. The van der Waals surface area contributed by atoms with Gasteiger partial charge in [0, 0.05) is 10.4 Å². The maximum atomic E-state index is 5.88. The second-order valence-corrected chi connectivity index (χ2v) is 4.47. The smallest absolute Gasteiger partial charge is 0.0477 e. The molecule has 2 heteroatoms. The molecule has 0 amide bonds. The van der Waals surface area contributed by atoms with Gasteiger partial charge in [0.15, 0.2) is 0 Å². The highest BCUT2D eigenvalue weighted by Gasteiger charge is 2.08. The molecule has 0 aliphatic heterocycles. The van der Waals surface area contributed by atoms with E-state index in [4.69, 9.17) is 11.6 Å². The van der Waals surface area contributed by atoms with Crippen LogP contribution in [0.1, 0.15) is 37.3 Å². The summed E-state index contributed by atoms with van der Waals surface area (Å²) in [5.74, 6) is 1.20. The van der Waals surface area contributed by atoms with Crippen LogP contribution in [-0.2, 0) is 5.88 Å². The van der Waals surface area contributed by atoms with Crippen molar-refractivity contribution in [1.29, 1.82) is 0 Å². The number of benzene rings is 1. The normalized spacial score (nSPS) is 12.9. The summed E-state index contributed by atoms with van der Waals surface area (Å²) >= 11 is 9.33. The SMILES string of the molecule is CCC(C)c1ccc(Br)cc1CCl. The Hall–Kier alpha value is -0.0100. The van der Waals surface area contributed by atoms with Gasteiger partial charge in [0.25, 0.3) is 0 Å². The Morgan fingerprint density at radius 1 is 1.46 bits per heavy atom. The van der Waals surface area contributed by atoms with Gasteiger partial charge in [-0.25, -0.2) is 0 Å². The van der Waals surface area contributed by atoms with Gasteiger partial charge >= 0.3 is 0 Å². The van der Waals surface area contributed by atoms with Crippen LogP contribution >= 0.6 is 27.5 Å². The van der Waals surface area contributed by atoms with Crippen LogP contribution < -0.4 is 0 Å². The lowest BCUT2D eigenvalue weighted by Gasteiger charge is -2.13. The standard InChI is InChI=1S/C11H14BrCl/c1-3-8(2)11-5-4-10(12)6-9(11)7-13/h4-6,8H,3,7H2,1-2H3. The lowest BCUT2D eigenvalue weighted by molar-refractivity contribution is 0.727. The van der Waals surface area contributed by atoms with Crippen molar-refractivity contribution in [3.05, 3.63) is 33.8 Å². The summed E-state index contributed by atoms with van der Waals surface area (Å²) in [6, 6.07) is 6.35. The van der Waals surface area contributed by atoms with Gasteiger partial charge in [-0.05, 0) is 35.6 Å². The van der Waals surface area contributed by atoms with E-state index in [0.717, 1.165) is 10.9 Å². The van der Waals surface area contributed by atoms with Crippen molar-refractivity contribution in [3.63, 3.8) is 0 Å². The van der Waals surface area contributed by atoms with Crippen LogP contribution in [0.15, 0.2) is 22.7 Å². The van der Waals surface area contributed by atoms with E-state index in [1.54, 1.807) is 0 Å². The van der Waals surface area contributed by atoms with Crippen LogP contribution in [0, 0.1) is 0 Å². The van der Waals surface area contributed by atoms with Crippen LogP contribution in [0.5, 0.6) is 0 Å². The number of hydrogen-bond acceptors (Lipinski definition) is 0. The average molecular weight is 262 g/mol. The Bertz CT molecular complexity index is 283. The second kappa shape index (κ2) is 5.02. The van der Waals surface area contributed by atoms with E-state index in [1.165, 1.54) is 11.1 Å². The molecule has 1 aromatic rings. The predicted octanol–water partition coefficient (Wildman–Crippen LogP) is 4.70. The van der Waals surface area contributed by atoms with Crippen molar-refractivity contribution in [1.82, 2.24) is 0 Å². The molecule has 0 saturated heterocycles. The quantitative estimate of drug-likeness (QED) is 0.692. The molecule has 1 unspecified atom stereocenters. The van der Waals surface area contributed by atoms with E-state index in [1.807, 2.05) is 0 Å². The molecular weight excluding hydrogens is 247 g/mol. The van der Waals surface area contributed by atoms with E-state index in [0.29, 0.717) is 11.8 Å². The molecule has 0 heterocycles. The first-order valence-electron chi connectivity index (χ1n) is 4.53. The Labute approximate surface area is 93.4 Å². The highest BCUT2D eigenvalue weighted by Crippen LogP contribution is 2.26. The monoisotopic (exact) mass is 260 g/mol. The van der Waals surface area contributed by atoms with Gasteiger partial charge in [0.2, 0.25) is 0 Å². The number of halogens is 2. The molecule has 0 spiro atoms. The van der Waals surface area contributed by atoms with Crippen molar-refractivity contribution in [2.24, 2.45) is 0 Å². The molecule has 0 aromatic heterocycles. The molecule has 72 valence electrons. The molecule has 1 aromatic carbocycles. The highest BCUT2D eigenvalue weighted by molar-refractivity contribution is 9.10. The second-order valence-electron chi connectivity index (χ2n) is 3.29. The third-order valence-electron chi connectivity index (χ3n) is 2.39. The average Bonchev–Trinajstić information content (AvgIpc) is 2.16. The van der Waals surface area contributed by atoms with Gasteiger partial charge in [0.1, 0.15) is 0 Å². The maximum absolute atomic E-state index is 5.88. The summed E-state index contributed by atoms with van der Waals surface area (Å²) in [6.45, 7) is 4.43. The molecule has 1 atom stereocenters. The minimum atomic E-state index is 0.596. The predicted molar refractivity (Wildman–Crippen MR) is 62.4 cm³/mol. The lowest BCUT2D eigenvalue weighted by atomic mass is 9.94. The zero-order valence-electron chi connectivity index (χ0n) is 7.98. The van der Waals surface area contributed by atoms with E-state index >= 15 is 0 Å². The summed E-state index contributed by atoms with van der Waals surface area (Å²) in [7, 11) is 0. The fraction of sp³-hybridized carbons (Fsp3) is 0.455. The fourth-order valence-electron chi connectivity index (χ4n) is 1.39. The third-order valence-corrected chi connectivity index (χ3v) is 3.17. The Morgan fingerprint density at radius 3 is 2.69 bits per heavy atom. The molecule has 0 N–H and O–H groups in total. The van der Waals surface area contributed by atoms with Crippen LogP contribution in [0.3, 0.4) is 0 Å². The van der Waals surface area contributed by atoms with Crippen molar-refractivity contribution in [2.75, 3.05) is 0 Å². The van der Waals surface area contributed by atoms with Crippen molar-refractivity contribution in [2.45, 2.75) is 32.1 Å². The summed E-state index contributed by atoms with van der Waals surface area (Å²) in [5.41, 5.74) is 2.62. The number of rotatable bonds is 3. The molecule has 0 radical (unpaired) electrons. The van der Waals surface area contributed by atoms with Crippen LogP contribution in [0.2, 0.25) is 0 Å². The van der Waals surface area contributed by atoms with Gasteiger partial charge in [-0.1, -0.05) is 35.8 Å². The number of alkyl halides is 1. The van der Waals surface area contributed by atoms with Crippen molar-refractivity contribution in [3.8, 4) is 0 Å². The molecule has 0 bridgehead atoms. The molecule has 0 nitrogen and oxygen atoms in total. The van der Waals surface area contributed by atoms with Crippen molar-refractivity contribution >= 4 is 27.5 Å². The molecule has 1 rings (SSSR count). The summed E-state index contributed by atoms with van der Waals surface area (Å²) in [5, 5.41) is 0. The van der Waals surface area contributed by atoms with E-state index in [9.17, 15) is 0 Å². The summed E-state index contributed by atoms with van der Waals surface area (Å²) in [4.78, 5) is 0. The van der Waals surface area contributed by atoms with Crippen LogP contribution in [0.4, 0.5) is 0 Å². The van der Waals surface area contributed by atoms with Gasteiger partial charge in [-0.2, -0.15) is 0 Å². The van der Waals surface area contributed by atoms with Crippen LogP contribution in [-0.4, -0.2) is 0 Å². The zero-order valence-corrected chi connectivity index (χ0v) is 10.3. The Kier molecular flexibility index (Phi) is 4.27. The summed E-state index contributed by atoms with van der Waals surface area (Å²) < 4.78 is 1.11. The molecule has 13 heavy (non-hydrogen) atoms. The molecule has 0 aliphatic rings. The van der Waals surface area contributed by atoms with Gasteiger partial charge in [-0.15, -0.1) is 11.6 Å². The summed E-state index contributed by atoms with van der Waals surface area (Å²) in [6.07, 6.45) is 1.16.